The van der Waals surface area contributed by atoms with Gasteiger partial charge >= 0.3 is 6.09 Å². The maximum atomic E-state index is 12.2. The lowest BCUT2D eigenvalue weighted by Gasteiger charge is -2.31. The largest absolute Gasteiger partial charge is 0.444 e. The number of carbonyl (C=O) groups excluding carboxylic acids is 1. The summed E-state index contributed by atoms with van der Waals surface area (Å²) in [6.45, 7) is 8.15. The molecule has 1 amide bonds. The van der Waals surface area contributed by atoms with Crippen molar-refractivity contribution in [1.29, 1.82) is 0 Å². The molecular formula is C21H34N2O3. The van der Waals surface area contributed by atoms with Crippen molar-refractivity contribution in [2.45, 2.75) is 83.1 Å². The van der Waals surface area contributed by atoms with Gasteiger partial charge in [0.25, 0.3) is 0 Å². The summed E-state index contributed by atoms with van der Waals surface area (Å²) in [4.78, 5) is 12.2. The maximum absolute atomic E-state index is 12.2. The van der Waals surface area contributed by atoms with Crippen LogP contribution in [-0.2, 0) is 11.2 Å². The van der Waals surface area contributed by atoms with Crippen molar-refractivity contribution >= 4 is 6.09 Å². The number of β-amino-alcohol motifs (C(OH)–C–C–N with tert-alkyl or cyclic N) is 1. The summed E-state index contributed by atoms with van der Waals surface area (Å²) in [5.74, 6) is 0. The molecule has 1 aliphatic rings. The molecule has 0 bridgehead atoms. The number of aliphatic hydroxyl groups is 1. The molecule has 0 saturated heterocycles. The molecule has 1 aromatic carbocycles. The predicted octanol–water partition coefficient (Wildman–Crippen LogP) is 3.41. The molecule has 5 heteroatoms. The average Bonchev–Trinajstić information content (AvgIpc) is 2.98. The molecule has 0 radical (unpaired) electrons. The number of hydrogen-bond acceptors (Lipinski definition) is 4. The van der Waals surface area contributed by atoms with E-state index in [0.717, 1.165) is 18.4 Å². The third-order valence-electron chi connectivity index (χ3n) is 4.91. The Balaban J connectivity index is 1.99. The van der Waals surface area contributed by atoms with Crippen LogP contribution in [0.4, 0.5) is 4.79 Å². The monoisotopic (exact) mass is 362 g/mol. The van der Waals surface area contributed by atoms with Gasteiger partial charge in [0.1, 0.15) is 5.60 Å². The van der Waals surface area contributed by atoms with E-state index < -0.39 is 23.8 Å². The summed E-state index contributed by atoms with van der Waals surface area (Å²) in [6, 6.07) is 9.47. The Morgan fingerprint density at radius 2 is 1.85 bits per heavy atom. The van der Waals surface area contributed by atoms with Crippen molar-refractivity contribution < 1.29 is 14.6 Å². The van der Waals surface area contributed by atoms with Gasteiger partial charge in [-0.15, -0.1) is 0 Å². The van der Waals surface area contributed by atoms with E-state index in [0.29, 0.717) is 13.0 Å². The molecule has 1 aromatic rings. The van der Waals surface area contributed by atoms with Crippen molar-refractivity contribution in [1.82, 2.24) is 10.6 Å². The van der Waals surface area contributed by atoms with Crippen molar-refractivity contribution in [3.63, 3.8) is 0 Å². The van der Waals surface area contributed by atoms with Gasteiger partial charge in [0.2, 0.25) is 0 Å². The molecule has 146 valence electrons. The number of nitrogens with one attached hydrogen (secondary N) is 2. The number of rotatable bonds is 7. The topological polar surface area (TPSA) is 70.6 Å². The fourth-order valence-electron chi connectivity index (χ4n) is 3.44. The highest BCUT2D eigenvalue weighted by molar-refractivity contribution is 5.68. The van der Waals surface area contributed by atoms with Crippen LogP contribution in [0.1, 0.15) is 58.9 Å². The van der Waals surface area contributed by atoms with E-state index in [1.54, 1.807) is 0 Å². The molecule has 1 fully saturated rings. The SMILES string of the molecule is CC1(NC[C@@H](O)[C@H](Cc2ccccc2)NC(=O)OC(C)(C)C)CCCC1. The Hall–Kier alpha value is -1.59. The van der Waals surface area contributed by atoms with E-state index >= 15 is 0 Å². The molecule has 1 aliphatic carbocycles. The molecule has 0 unspecified atom stereocenters. The van der Waals surface area contributed by atoms with Crippen molar-refractivity contribution in [2.75, 3.05) is 6.54 Å². The molecule has 0 heterocycles. The van der Waals surface area contributed by atoms with Crippen LogP contribution in [0.3, 0.4) is 0 Å². The maximum Gasteiger partial charge on any atom is 0.407 e. The highest BCUT2D eigenvalue weighted by Crippen LogP contribution is 2.28. The first-order valence-electron chi connectivity index (χ1n) is 9.63. The van der Waals surface area contributed by atoms with Crippen molar-refractivity contribution in [2.24, 2.45) is 0 Å². The summed E-state index contributed by atoms with van der Waals surface area (Å²) >= 11 is 0. The number of hydrogen-bond donors (Lipinski definition) is 3. The number of alkyl carbamates (subject to hydrolysis) is 1. The van der Waals surface area contributed by atoms with Crippen molar-refractivity contribution in [3.05, 3.63) is 35.9 Å². The third kappa shape index (κ3) is 6.96. The molecule has 2 atom stereocenters. The second kappa shape index (κ2) is 8.87. The van der Waals surface area contributed by atoms with Crippen LogP contribution in [0, 0.1) is 0 Å². The Morgan fingerprint density at radius 1 is 1.23 bits per heavy atom. The van der Waals surface area contributed by atoms with Gasteiger partial charge in [-0.25, -0.2) is 4.79 Å². The average molecular weight is 363 g/mol. The Bertz CT molecular complexity index is 562. The first kappa shape index (κ1) is 20.7. The summed E-state index contributed by atoms with van der Waals surface area (Å²) in [6.07, 6.45) is 4.07. The highest BCUT2D eigenvalue weighted by Gasteiger charge is 2.31. The lowest BCUT2D eigenvalue weighted by atomic mass is 9.98. The highest BCUT2D eigenvalue weighted by atomic mass is 16.6. The van der Waals surface area contributed by atoms with Crippen LogP contribution >= 0.6 is 0 Å². The molecule has 0 spiro atoms. The van der Waals surface area contributed by atoms with Gasteiger partial charge in [0.05, 0.1) is 12.1 Å². The quantitative estimate of drug-likeness (QED) is 0.695. The van der Waals surface area contributed by atoms with Crippen LogP contribution in [0.5, 0.6) is 0 Å². The molecule has 26 heavy (non-hydrogen) atoms. The summed E-state index contributed by atoms with van der Waals surface area (Å²) in [5, 5.41) is 17.1. The second-order valence-corrected chi connectivity index (χ2v) is 8.66. The molecule has 0 aromatic heterocycles. The Kier molecular flexibility index (Phi) is 7.07. The summed E-state index contributed by atoms with van der Waals surface area (Å²) in [5.41, 5.74) is 0.589. The van der Waals surface area contributed by atoms with Gasteiger partial charge in [-0.2, -0.15) is 0 Å². The fourth-order valence-corrected chi connectivity index (χ4v) is 3.44. The smallest absolute Gasteiger partial charge is 0.407 e. The van der Waals surface area contributed by atoms with Gasteiger partial charge in [-0.05, 0) is 52.5 Å². The van der Waals surface area contributed by atoms with Crippen LogP contribution in [0.15, 0.2) is 30.3 Å². The number of carbonyl (C=O) groups is 1. The zero-order valence-corrected chi connectivity index (χ0v) is 16.5. The van der Waals surface area contributed by atoms with E-state index in [4.69, 9.17) is 4.74 Å². The van der Waals surface area contributed by atoms with Crippen LogP contribution < -0.4 is 10.6 Å². The Morgan fingerprint density at radius 3 is 2.42 bits per heavy atom. The zero-order chi connectivity index (χ0) is 19.2. The molecule has 5 nitrogen and oxygen atoms in total. The van der Waals surface area contributed by atoms with Crippen molar-refractivity contribution in [3.8, 4) is 0 Å². The standard InChI is InChI=1S/C21H34N2O3/c1-20(2,3)26-19(25)23-17(14-16-10-6-5-7-11-16)18(24)15-22-21(4)12-8-9-13-21/h5-7,10-11,17-18,22,24H,8-9,12-15H2,1-4H3,(H,23,25)/t17-,18+/m0/s1. The number of benzene rings is 1. The fraction of sp³-hybridized carbons (Fsp3) is 0.667. The van der Waals surface area contributed by atoms with Crippen LogP contribution in [0.25, 0.3) is 0 Å². The van der Waals surface area contributed by atoms with Crippen LogP contribution in [0.2, 0.25) is 0 Å². The number of aliphatic hydroxyl groups excluding tert-OH is 1. The first-order chi connectivity index (χ1) is 12.2. The molecule has 0 aliphatic heterocycles. The van der Waals surface area contributed by atoms with E-state index in [1.807, 2.05) is 51.1 Å². The first-order valence-corrected chi connectivity index (χ1v) is 9.63. The van der Waals surface area contributed by atoms with Gasteiger partial charge in [-0.1, -0.05) is 43.2 Å². The van der Waals surface area contributed by atoms with E-state index in [2.05, 4.69) is 17.6 Å². The third-order valence-corrected chi connectivity index (χ3v) is 4.91. The van der Waals surface area contributed by atoms with E-state index in [9.17, 15) is 9.90 Å². The number of amides is 1. The molecule has 2 rings (SSSR count). The van der Waals surface area contributed by atoms with Gasteiger partial charge in [0, 0.05) is 12.1 Å². The lowest BCUT2D eigenvalue weighted by molar-refractivity contribution is 0.0415. The predicted molar refractivity (Wildman–Crippen MR) is 104 cm³/mol. The second-order valence-electron chi connectivity index (χ2n) is 8.66. The lowest BCUT2D eigenvalue weighted by Crippen LogP contribution is -2.53. The van der Waals surface area contributed by atoms with Gasteiger partial charge in [0.15, 0.2) is 0 Å². The van der Waals surface area contributed by atoms with Gasteiger partial charge < -0.3 is 20.5 Å². The minimum Gasteiger partial charge on any atom is -0.444 e. The number of ether oxygens (including phenoxy) is 1. The van der Waals surface area contributed by atoms with Crippen LogP contribution in [-0.4, -0.2) is 41.0 Å². The van der Waals surface area contributed by atoms with E-state index in [1.165, 1.54) is 12.8 Å². The summed E-state index contributed by atoms with van der Waals surface area (Å²) in [7, 11) is 0. The molecular weight excluding hydrogens is 328 g/mol. The van der Waals surface area contributed by atoms with E-state index in [-0.39, 0.29) is 5.54 Å². The minimum atomic E-state index is -0.694. The summed E-state index contributed by atoms with van der Waals surface area (Å²) < 4.78 is 5.37. The normalized spacial score (nSPS) is 19.0. The minimum absolute atomic E-state index is 0.0875. The van der Waals surface area contributed by atoms with Gasteiger partial charge in [-0.3, -0.25) is 0 Å². The zero-order valence-electron chi connectivity index (χ0n) is 16.5. The molecule has 3 N–H and O–H groups in total. The Labute approximate surface area is 157 Å². The molecule has 1 saturated carbocycles.